The van der Waals surface area contributed by atoms with E-state index < -0.39 is 35.9 Å². The average Bonchev–Trinajstić information content (AvgIpc) is 2.36. The van der Waals surface area contributed by atoms with Gasteiger partial charge in [0.15, 0.2) is 0 Å². The van der Waals surface area contributed by atoms with Crippen LogP contribution in [-0.2, 0) is 14.4 Å². The summed E-state index contributed by atoms with van der Waals surface area (Å²) >= 11 is 0. The van der Waals surface area contributed by atoms with E-state index in [1.54, 1.807) is 5.32 Å². The molecule has 9 heteroatoms. The van der Waals surface area contributed by atoms with Gasteiger partial charge in [0.1, 0.15) is 6.04 Å². The summed E-state index contributed by atoms with van der Waals surface area (Å²) in [6, 6.07) is -1.35. The minimum absolute atomic E-state index is 0.0552. The molecule has 0 bridgehead atoms. The van der Waals surface area contributed by atoms with Crippen LogP contribution in [0.5, 0.6) is 0 Å². The highest BCUT2D eigenvalue weighted by atomic mass is 19.4. The zero-order valence-electron chi connectivity index (χ0n) is 10.7. The number of carboxylic acid groups (broad SMARTS) is 1. The van der Waals surface area contributed by atoms with Crippen molar-refractivity contribution >= 4 is 17.8 Å². The van der Waals surface area contributed by atoms with Crippen LogP contribution in [0.3, 0.4) is 0 Å². The smallest absolute Gasteiger partial charge is 0.471 e. The van der Waals surface area contributed by atoms with Crippen LogP contribution in [0.25, 0.3) is 0 Å². The molecule has 1 aliphatic rings. The van der Waals surface area contributed by atoms with Crippen molar-refractivity contribution in [3.63, 3.8) is 0 Å². The van der Waals surface area contributed by atoms with Gasteiger partial charge >= 0.3 is 18.1 Å². The Kier molecular flexibility index (Phi) is 4.96. The quantitative estimate of drug-likeness (QED) is 0.788. The molecule has 0 aromatic rings. The minimum atomic E-state index is -5.06. The van der Waals surface area contributed by atoms with E-state index in [-0.39, 0.29) is 13.1 Å². The number of likely N-dealkylation sites (tertiary alicyclic amines) is 1. The molecule has 20 heavy (non-hydrogen) atoms. The molecule has 0 aromatic heterocycles. The normalized spacial score (nSPS) is 21.2. The number of alkyl halides is 3. The van der Waals surface area contributed by atoms with Crippen molar-refractivity contribution in [2.75, 3.05) is 13.1 Å². The molecule has 0 aliphatic carbocycles. The van der Waals surface area contributed by atoms with Gasteiger partial charge in [-0.25, -0.2) is 0 Å². The number of carbonyl (C=O) groups is 3. The Bertz CT molecular complexity index is 411. The largest absolute Gasteiger partial charge is 0.481 e. The molecule has 2 unspecified atom stereocenters. The topological polar surface area (TPSA) is 86.7 Å². The predicted octanol–water partition coefficient (Wildman–Crippen LogP) is 0.377. The van der Waals surface area contributed by atoms with Crippen LogP contribution in [0.4, 0.5) is 13.2 Å². The van der Waals surface area contributed by atoms with Gasteiger partial charge in [0, 0.05) is 13.1 Å². The molecule has 2 amide bonds. The van der Waals surface area contributed by atoms with Gasteiger partial charge in [-0.05, 0) is 19.8 Å². The number of carboxylic acids is 1. The maximum absolute atomic E-state index is 12.1. The van der Waals surface area contributed by atoms with Crippen molar-refractivity contribution in [2.45, 2.75) is 32.0 Å². The molecule has 2 atom stereocenters. The number of amides is 2. The molecule has 1 fully saturated rings. The maximum atomic E-state index is 12.1. The maximum Gasteiger partial charge on any atom is 0.471 e. The monoisotopic (exact) mass is 296 g/mol. The number of nitrogens with zero attached hydrogens (tertiary/aromatic N) is 1. The number of hydrogen-bond donors (Lipinski definition) is 2. The van der Waals surface area contributed by atoms with E-state index in [0.717, 1.165) is 6.92 Å². The van der Waals surface area contributed by atoms with Crippen molar-refractivity contribution < 1.29 is 32.7 Å². The fourth-order valence-corrected chi connectivity index (χ4v) is 1.99. The lowest BCUT2D eigenvalue weighted by Gasteiger charge is -2.32. The molecule has 0 saturated carbocycles. The molecule has 1 rings (SSSR count). The van der Waals surface area contributed by atoms with Crippen molar-refractivity contribution in [2.24, 2.45) is 5.92 Å². The Morgan fingerprint density at radius 1 is 1.35 bits per heavy atom. The van der Waals surface area contributed by atoms with Crippen LogP contribution < -0.4 is 5.32 Å². The van der Waals surface area contributed by atoms with Gasteiger partial charge in [0.2, 0.25) is 5.91 Å². The number of nitrogens with one attached hydrogen (secondary N) is 1. The Labute approximate surface area is 112 Å². The van der Waals surface area contributed by atoms with Crippen molar-refractivity contribution in [1.82, 2.24) is 10.2 Å². The molecule has 1 heterocycles. The second-order valence-electron chi connectivity index (χ2n) is 4.65. The number of piperidine rings is 1. The van der Waals surface area contributed by atoms with Gasteiger partial charge in [0.25, 0.3) is 0 Å². The number of halogens is 3. The zero-order valence-corrected chi connectivity index (χ0v) is 10.7. The van der Waals surface area contributed by atoms with Gasteiger partial charge in [-0.15, -0.1) is 0 Å². The van der Waals surface area contributed by atoms with Crippen LogP contribution in [-0.4, -0.2) is 53.1 Å². The minimum Gasteiger partial charge on any atom is -0.481 e. The third-order valence-corrected chi connectivity index (χ3v) is 3.06. The highest BCUT2D eigenvalue weighted by Crippen LogP contribution is 2.18. The van der Waals surface area contributed by atoms with Gasteiger partial charge in [-0.1, -0.05) is 0 Å². The first-order valence-electron chi connectivity index (χ1n) is 6.02. The number of carbonyl (C=O) groups excluding carboxylic acids is 2. The number of rotatable bonds is 3. The second kappa shape index (κ2) is 6.10. The van der Waals surface area contributed by atoms with Crippen molar-refractivity contribution in [3.05, 3.63) is 0 Å². The first kappa shape index (κ1) is 16.3. The van der Waals surface area contributed by atoms with Crippen LogP contribution in [0.15, 0.2) is 0 Å². The summed E-state index contributed by atoms with van der Waals surface area (Å²) in [5, 5.41) is 10.4. The lowest BCUT2D eigenvalue weighted by atomic mass is 9.98. The zero-order chi connectivity index (χ0) is 15.5. The van der Waals surface area contributed by atoms with E-state index in [9.17, 15) is 27.6 Å². The van der Waals surface area contributed by atoms with Crippen LogP contribution in [0.1, 0.15) is 19.8 Å². The molecule has 0 radical (unpaired) electrons. The molecular formula is C11H15F3N2O4. The molecule has 0 spiro atoms. The van der Waals surface area contributed by atoms with Crippen LogP contribution in [0, 0.1) is 5.92 Å². The van der Waals surface area contributed by atoms with Gasteiger partial charge in [-0.3, -0.25) is 14.4 Å². The molecule has 114 valence electrons. The van der Waals surface area contributed by atoms with E-state index in [2.05, 4.69) is 0 Å². The molecule has 6 nitrogen and oxygen atoms in total. The first-order chi connectivity index (χ1) is 9.12. The van der Waals surface area contributed by atoms with E-state index in [4.69, 9.17) is 5.11 Å². The van der Waals surface area contributed by atoms with E-state index in [0.29, 0.717) is 12.8 Å². The molecule has 1 aliphatic heterocycles. The average molecular weight is 296 g/mol. The lowest BCUT2D eigenvalue weighted by molar-refractivity contribution is -0.175. The summed E-state index contributed by atoms with van der Waals surface area (Å²) in [6.45, 7) is 1.35. The fraction of sp³-hybridized carbons (Fsp3) is 0.727. The number of hydrogen-bond acceptors (Lipinski definition) is 3. The SMILES string of the molecule is CC(NC(=O)C(F)(F)F)C(=O)N1CCCC(C(=O)O)C1. The highest BCUT2D eigenvalue weighted by molar-refractivity contribution is 5.89. The van der Waals surface area contributed by atoms with E-state index in [1.807, 2.05) is 0 Å². The molecular weight excluding hydrogens is 281 g/mol. The second-order valence-corrected chi connectivity index (χ2v) is 4.65. The fourth-order valence-electron chi connectivity index (χ4n) is 1.99. The lowest BCUT2D eigenvalue weighted by Crippen LogP contribution is -2.53. The van der Waals surface area contributed by atoms with Crippen molar-refractivity contribution in [1.29, 1.82) is 0 Å². The molecule has 0 aromatic carbocycles. The molecule has 1 saturated heterocycles. The number of aliphatic carboxylic acids is 1. The van der Waals surface area contributed by atoms with E-state index in [1.165, 1.54) is 4.90 Å². The summed E-state index contributed by atoms with van der Waals surface area (Å²) in [7, 11) is 0. The van der Waals surface area contributed by atoms with Crippen LogP contribution >= 0.6 is 0 Å². The van der Waals surface area contributed by atoms with Gasteiger partial charge in [0.05, 0.1) is 5.92 Å². The summed E-state index contributed by atoms with van der Waals surface area (Å²) in [5.41, 5.74) is 0. The Morgan fingerprint density at radius 3 is 2.45 bits per heavy atom. The molecule has 2 N–H and O–H groups in total. The first-order valence-corrected chi connectivity index (χ1v) is 6.02. The summed E-state index contributed by atoms with van der Waals surface area (Å²) in [6.07, 6.45) is -4.18. The predicted molar refractivity (Wildman–Crippen MR) is 60.6 cm³/mol. The van der Waals surface area contributed by atoms with Gasteiger partial charge < -0.3 is 15.3 Å². The Hall–Kier alpha value is -1.80. The van der Waals surface area contributed by atoms with Crippen LogP contribution in [0.2, 0.25) is 0 Å². The highest BCUT2D eigenvalue weighted by Gasteiger charge is 2.40. The van der Waals surface area contributed by atoms with E-state index >= 15 is 0 Å². The van der Waals surface area contributed by atoms with Gasteiger partial charge in [-0.2, -0.15) is 13.2 Å². The van der Waals surface area contributed by atoms with Crippen molar-refractivity contribution in [3.8, 4) is 0 Å². The third-order valence-electron chi connectivity index (χ3n) is 3.06. The summed E-state index contributed by atoms with van der Waals surface area (Å²) in [4.78, 5) is 34.6. The Morgan fingerprint density at radius 2 is 1.95 bits per heavy atom. The summed E-state index contributed by atoms with van der Waals surface area (Å²) in [5.74, 6) is -4.67. The standard InChI is InChI=1S/C11H15F3N2O4/c1-6(15-10(20)11(12,13)14)8(17)16-4-2-3-7(5-16)9(18)19/h6-7H,2-5H2,1H3,(H,15,20)(H,18,19). The summed E-state index contributed by atoms with van der Waals surface area (Å²) < 4.78 is 36.2. The Balaban J connectivity index is 2.60. The third kappa shape index (κ3) is 4.10.